The molecule has 0 spiro atoms. The molecule has 1 atom stereocenters. The summed E-state index contributed by atoms with van der Waals surface area (Å²) in [5.74, 6) is 0.961. The largest absolute Gasteiger partial charge is 0.497 e. The highest BCUT2D eigenvalue weighted by Crippen LogP contribution is 2.30. The van der Waals surface area contributed by atoms with Gasteiger partial charge in [-0.1, -0.05) is 6.07 Å². The van der Waals surface area contributed by atoms with E-state index in [2.05, 4.69) is 5.32 Å². The summed E-state index contributed by atoms with van der Waals surface area (Å²) in [6.45, 7) is 0.609. The number of nitrogens with zero attached hydrogens (tertiary/aromatic N) is 1. The number of carbonyl (C=O) groups excluding carboxylic acids is 2. The Balaban J connectivity index is 1.71. The van der Waals surface area contributed by atoms with E-state index >= 15 is 0 Å². The Morgan fingerprint density at radius 3 is 2.81 bits per heavy atom. The average molecular weight is 374 g/mol. The third-order valence-corrected chi connectivity index (χ3v) is 5.32. The zero-order valence-corrected chi connectivity index (χ0v) is 15.7. The van der Waals surface area contributed by atoms with Crippen LogP contribution in [0.2, 0.25) is 0 Å². The number of nitrogens with one attached hydrogen (secondary N) is 1. The Labute approximate surface area is 156 Å². The molecule has 3 rings (SSSR count). The lowest BCUT2D eigenvalue weighted by Gasteiger charge is -2.24. The number of carbonyl (C=O) groups is 2. The Morgan fingerprint density at radius 1 is 1.27 bits per heavy atom. The maximum Gasteiger partial charge on any atom is 0.247 e. The molecule has 2 amide bonds. The van der Waals surface area contributed by atoms with E-state index in [-0.39, 0.29) is 11.8 Å². The van der Waals surface area contributed by atoms with Gasteiger partial charge in [0.25, 0.3) is 0 Å². The van der Waals surface area contributed by atoms with Gasteiger partial charge in [0, 0.05) is 17.5 Å². The first-order chi connectivity index (χ1) is 12.6. The first-order valence-corrected chi connectivity index (χ1v) is 9.35. The molecule has 1 aromatic heterocycles. The van der Waals surface area contributed by atoms with Gasteiger partial charge in [0.15, 0.2) is 0 Å². The van der Waals surface area contributed by atoms with Crippen molar-refractivity contribution in [1.29, 1.82) is 0 Å². The summed E-state index contributed by atoms with van der Waals surface area (Å²) in [5, 5.41) is 4.84. The van der Waals surface area contributed by atoms with E-state index in [1.54, 1.807) is 48.7 Å². The number of amides is 2. The number of hydrogen-bond acceptors (Lipinski definition) is 5. The predicted octanol–water partition coefficient (Wildman–Crippen LogP) is 2.94. The third-order valence-electron chi connectivity index (χ3n) is 4.45. The van der Waals surface area contributed by atoms with Gasteiger partial charge in [-0.25, -0.2) is 0 Å². The number of benzene rings is 1. The normalized spacial score (nSPS) is 16.4. The molecule has 2 aromatic rings. The highest BCUT2D eigenvalue weighted by molar-refractivity contribution is 7.10. The van der Waals surface area contributed by atoms with Crippen LogP contribution in [0, 0.1) is 0 Å². The second-order valence-corrected chi connectivity index (χ2v) is 7.09. The van der Waals surface area contributed by atoms with Crippen molar-refractivity contribution in [3.8, 4) is 11.5 Å². The van der Waals surface area contributed by atoms with Crippen molar-refractivity contribution < 1.29 is 19.1 Å². The number of thiophene rings is 1. The van der Waals surface area contributed by atoms with Gasteiger partial charge in [0.1, 0.15) is 17.5 Å². The van der Waals surface area contributed by atoms with E-state index in [0.717, 1.165) is 11.3 Å². The minimum atomic E-state index is -0.460. The lowest BCUT2D eigenvalue weighted by atomic mass is 10.2. The molecule has 2 heterocycles. The fourth-order valence-electron chi connectivity index (χ4n) is 3.13. The van der Waals surface area contributed by atoms with Crippen LogP contribution in [0.1, 0.15) is 17.7 Å². The van der Waals surface area contributed by atoms with Crippen molar-refractivity contribution >= 4 is 28.8 Å². The smallest absolute Gasteiger partial charge is 0.247 e. The van der Waals surface area contributed by atoms with Gasteiger partial charge < -0.3 is 19.7 Å². The number of rotatable bonds is 6. The van der Waals surface area contributed by atoms with Gasteiger partial charge in [-0.2, -0.15) is 0 Å². The first-order valence-electron chi connectivity index (χ1n) is 8.47. The van der Waals surface area contributed by atoms with E-state index in [9.17, 15) is 9.59 Å². The van der Waals surface area contributed by atoms with Crippen LogP contribution in [0.25, 0.3) is 0 Å². The molecule has 1 aromatic carbocycles. The molecule has 1 unspecified atom stereocenters. The van der Waals surface area contributed by atoms with Crippen LogP contribution >= 0.6 is 11.3 Å². The van der Waals surface area contributed by atoms with Crippen LogP contribution < -0.4 is 14.8 Å². The van der Waals surface area contributed by atoms with Crippen molar-refractivity contribution in [2.24, 2.45) is 0 Å². The molecule has 1 fully saturated rings. The zero-order chi connectivity index (χ0) is 18.5. The molecule has 1 aliphatic heterocycles. The van der Waals surface area contributed by atoms with E-state index < -0.39 is 6.04 Å². The van der Waals surface area contributed by atoms with Crippen molar-refractivity contribution in [1.82, 2.24) is 4.90 Å². The Morgan fingerprint density at radius 2 is 2.12 bits per heavy atom. The van der Waals surface area contributed by atoms with Crippen LogP contribution in [0.4, 0.5) is 5.69 Å². The summed E-state index contributed by atoms with van der Waals surface area (Å²) in [6, 6.07) is 8.62. The zero-order valence-electron chi connectivity index (χ0n) is 14.9. The first kappa shape index (κ1) is 18.3. The summed E-state index contributed by atoms with van der Waals surface area (Å²) in [4.78, 5) is 28.1. The molecule has 1 aliphatic rings. The molecular weight excluding hydrogens is 352 g/mol. The monoisotopic (exact) mass is 374 g/mol. The number of likely N-dealkylation sites (tertiary alicyclic amines) is 1. The van der Waals surface area contributed by atoms with Gasteiger partial charge in [-0.05, 0) is 36.4 Å². The highest BCUT2D eigenvalue weighted by Gasteiger charge is 2.34. The number of anilines is 1. The molecule has 0 aliphatic carbocycles. The lowest BCUT2D eigenvalue weighted by molar-refractivity contribution is -0.136. The van der Waals surface area contributed by atoms with E-state index in [4.69, 9.17) is 9.47 Å². The van der Waals surface area contributed by atoms with Crippen molar-refractivity contribution in [3.63, 3.8) is 0 Å². The van der Waals surface area contributed by atoms with Gasteiger partial charge in [-0.3, -0.25) is 9.59 Å². The van der Waals surface area contributed by atoms with Gasteiger partial charge in [0.05, 0.1) is 26.3 Å². The number of ether oxygens (including phenoxy) is 2. The third kappa shape index (κ3) is 3.99. The topological polar surface area (TPSA) is 67.9 Å². The molecular formula is C19H22N2O4S. The summed E-state index contributed by atoms with van der Waals surface area (Å²) >= 11 is 1.55. The van der Waals surface area contributed by atoms with Gasteiger partial charge in [-0.15, -0.1) is 11.3 Å². The van der Waals surface area contributed by atoms with Gasteiger partial charge in [0.2, 0.25) is 11.8 Å². The molecule has 138 valence electrons. The Bertz CT molecular complexity index is 776. The van der Waals surface area contributed by atoms with E-state index in [0.29, 0.717) is 36.6 Å². The van der Waals surface area contributed by atoms with Crippen LogP contribution in [0.5, 0.6) is 11.5 Å². The van der Waals surface area contributed by atoms with Crippen molar-refractivity contribution in [2.45, 2.75) is 25.3 Å². The maximum absolute atomic E-state index is 12.8. The SMILES string of the molecule is COc1ccc(OC)c(NC(=O)C2CCCN2C(=O)Cc2cccs2)c1. The standard InChI is InChI=1S/C19H22N2O4S/c1-24-13-7-8-17(25-2)15(11-13)20-19(23)16-6-3-9-21(16)18(22)12-14-5-4-10-26-14/h4-5,7-8,10-11,16H,3,6,9,12H2,1-2H3,(H,20,23). The summed E-state index contributed by atoms with van der Waals surface area (Å²) in [5.41, 5.74) is 0.536. The predicted molar refractivity (Wildman–Crippen MR) is 101 cm³/mol. The van der Waals surface area contributed by atoms with Gasteiger partial charge >= 0.3 is 0 Å². The van der Waals surface area contributed by atoms with Crippen LogP contribution in [0.15, 0.2) is 35.7 Å². The summed E-state index contributed by atoms with van der Waals surface area (Å²) in [7, 11) is 3.11. The van der Waals surface area contributed by atoms with Crippen LogP contribution in [-0.2, 0) is 16.0 Å². The summed E-state index contributed by atoms with van der Waals surface area (Å²) in [6.07, 6.45) is 1.82. The highest BCUT2D eigenvalue weighted by atomic mass is 32.1. The van der Waals surface area contributed by atoms with Crippen LogP contribution in [0.3, 0.4) is 0 Å². The van der Waals surface area contributed by atoms with Crippen molar-refractivity contribution in [2.75, 3.05) is 26.1 Å². The quantitative estimate of drug-likeness (QED) is 0.844. The Hall–Kier alpha value is -2.54. The van der Waals surface area contributed by atoms with Crippen molar-refractivity contribution in [3.05, 3.63) is 40.6 Å². The molecule has 0 radical (unpaired) electrons. The van der Waals surface area contributed by atoms with Crippen LogP contribution in [-0.4, -0.2) is 43.5 Å². The minimum Gasteiger partial charge on any atom is -0.497 e. The molecule has 0 bridgehead atoms. The molecule has 7 heteroatoms. The Kier molecular flexibility index (Phi) is 5.78. The fourth-order valence-corrected chi connectivity index (χ4v) is 3.83. The average Bonchev–Trinajstić information content (AvgIpc) is 3.33. The van der Waals surface area contributed by atoms with E-state index in [1.165, 1.54) is 0 Å². The van der Waals surface area contributed by atoms with E-state index in [1.807, 2.05) is 17.5 Å². The molecule has 0 saturated carbocycles. The summed E-state index contributed by atoms with van der Waals surface area (Å²) < 4.78 is 10.5. The number of hydrogen-bond donors (Lipinski definition) is 1. The molecule has 1 saturated heterocycles. The number of methoxy groups -OCH3 is 2. The second-order valence-electron chi connectivity index (χ2n) is 6.06. The minimum absolute atomic E-state index is 0.0114. The maximum atomic E-state index is 12.8. The molecule has 26 heavy (non-hydrogen) atoms. The lowest BCUT2D eigenvalue weighted by Crippen LogP contribution is -2.43. The molecule has 6 nitrogen and oxygen atoms in total. The molecule has 1 N–H and O–H groups in total. The fraction of sp³-hybridized carbons (Fsp3) is 0.368. The second kappa shape index (κ2) is 8.23.